The Morgan fingerprint density at radius 1 is 0.808 bits per heavy atom. The van der Waals surface area contributed by atoms with Gasteiger partial charge >= 0.3 is 12.3 Å². The fourth-order valence-electron chi connectivity index (χ4n) is 2.25. The number of hydrogen-bond acceptors (Lipinski definition) is 4. The summed E-state index contributed by atoms with van der Waals surface area (Å²) in [7, 11) is 0. The van der Waals surface area contributed by atoms with Crippen LogP contribution in [0.5, 0.6) is 0 Å². The van der Waals surface area contributed by atoms with E-state index in [-0.39, 0.29) is 22.2 Å². The average molecular weight is 359 g/mol. The molecule has 0 aliphatic rings. The standard InChI is InChI=1S/C17H12F3N5O/c18-17(19,20)25(14-7-11-21-12-8-14)16(26)24(13-5-2-1-3-6-13)15-22-9-4-10-23-15/h1-12H. The molecule has 0 atom stereocenters. The molecule has 0 saturated heterocycles. The highest BCUT2D eigenvalue weighted by molar-refractivity contribution is 6.07. The lowest BCUT2D eigenvalue weighted by molar-refractivity contribution is -0.120. The molecule has 26 heavy (non-hydrogen) atoms. The monoisotopic (exact) mass is 359 g/mol. The van der Waals surface area contributed by atoms with Crippen LogP contribution < -0.4 is 9.80 Å². The van der Waals surface area contributed by atoms with Crippen LogP contribution in [-0.2, 0) is 0 Å². The predicted molar refractivity (Wildman–Crippen MR) is 88.8 cm³/mol. The predicted octanol–water partition coefficient (Wildman–Crippen LogP) is 4.16. The molecule has 1 aromatic carbocycles. The first-order valence-corrected chi connectivity index (χ1v) is 7.41. The van der Waals surface area contributed by atoms with E-state index in [1.54, 1.807) is 18.2 Å². The lowest BCUT2D eigenvalue weighted by Gasteiger charge is -2.30. The number of hydrogen-bond donors (Lipinski definition) is 0. The number of halogens is 3. The van der Waals surface area contributed by atoms with Crippen LogP contribution in [0.1, 0.15) is 0 Å². The van der Waals surface area contributed by atoms with Gasteiger partial charge in [0.05, 0.1) is 11.4 Å². The van der Waals surface area contributed by atoms with Gasteiger partial charge in [-0.05, 0) is 30.3 Å². The molecule has 0 saturated carbocycles. The number of anilines is 3. The van der Waals surface area contributed by atoms with Crippen LogP contribution in [0.2, 0.25) is 0 Å². The van der Waals surface area contributed by atoms with Crippen LogP contribution in [0.25, 0.3) is 0 Å². The van der Waals surface area contributed by atoms with Crippen molar-refractivity contribution in [3.63, 3.8) is 0 Å². The van der Waals surface area contributed by atoms with Gasteiger partial charge in [0.15, 0.2) is 0 Å². The van der Waals surface area contributed by atoms with Crippen molar-refractivity contribution in [3.8, 4) is 0 Å². The van der Waals surface area contributed by atoms with Gasteiger partial charge in [-0.3, -0.25) is 4.98 Å². The minimum absolute atomic E-state index is 0.174. The SMILES string of the molecule is O=C(N(c1ccccc1)c1ncccn1)N(c1ccncc1)C(F)(F)F. The summed E-state index contributed by atoms with van der Waals surface area (Å²) < 4.78 is 41.0. The summed E-state index contributed by atoms with van der Waals surface area (Å²) in [5, 5.41) is 0. The molecule has 9 heteroatoms. The molecule has 0 spiro atoms. The first-order valence-electron chi connectivity index (χ1n) is 7.41. The number of amides is 2. The van der Waals surface area contributed by atoms with E-state index in [1.807, 2.05) is 0 Å². The number of alkyl halides is 3. The number of benzene rings is 1. The van der Waals surface area contributed by atoms with Gasteiger partial charge in [-0.2, -0.15) is 0 Å². The fraction of sp³-hybridized carbons (Fsp3) is 0.0588. The number of urea groups is 1. The summed E-state index contributed by atoms with van der Waals surface area (Å²) in [6.45, 7) is 0. The second-order valence-corrected chi connectivity index (χ2v) is 5.01. The molecule has 0 fully saturated rings. The first-order chi connectivity index (χ1) is 12.5. The fourth-order valence-corrected chi connectivity index (χ4v) is 2.25. The maximum atomic E-state index is 13.7. The van der Waals surface area contributed by atoms with Gasteiger partial charge in [0, 0.05) is 24.8 Å². The molecule has 0 unspecified atom stereocenters. The lowest BCUT2D eigenvalue weighted by Crippen LogP contribution is -2.49. The van der Waals surface area contributed by atoms with E-state index in [9.17, 15) is 18.0 Å². The third kappa shape index (κ3) is 3.61. The van der Waals surface area contributed by atoms with Crippen molar-refractivity contribution in [2.24, 2.45) is 0 Å². The molecule has 0 bridgehead atoms. The molecule has 3 rings (SSSR count). The molecular weight excluding hydrogens is 347 g/mol. The van der Waals surface area contributed by atoms with Crippen LogP contribution in [0.15, 0.2) is 73.3 Å². The zero-order valence-corrected chi connectivity index (χ0v) is 13.2. The van der Waals surface area contributed by atoms with Gasteiger partial charge in [0.2, 0.25) is 5.95 Å². The highest BCUT2D eigenvalue weighted by atomic mass is 19.4. The molecule has 2 heterocycles. The van der Waals surface area contributed by atoms with E-state index >= 15 is 0 Å². The van der Waals surface area contributed by atoms with Gasteiger partial charge < -0.3 is 0 Å². The quantitative estimate of drug-likeness (QED) is 0.659. The molecule has 132 valence electrons. The van der Waals surface area contributed by atoms with Crippen molar-refractivity contribution in [2.75, 3.05) is 9.80 Å². The maximum absolute atomic E-state index is 13.7. The second kappa shape index (κ2) is 7.18. The van der Waals surface area contributed by atoms with E-state index in [4.69, 9.17) is 0 Å². The average Bonchev–Trinajstić information content (AvgIpc) is 2.63. The number of para-hydroxylation sites is 1. The number of carbonyl (C=O) groups excluding carboxylic acids is 1. The van der Waals surface area contributed by atoms with E-state index in [1.165, 1.54) is 43.0 Å². The Morgan fingerprint density at radius 3 is 2.00 bits per heavy atom. The Hall–Kier alpha value is -3.49. The Morgan fingerprint density at radius 2 is 1.42 bits per heavy atom. The van der Waals surface area contributed by atoms with Crippen molar-refractivity contribution >= 4 is 23.4 Å². The Kier molecular flexibility index (Phi) is 4.78. The molecule has 0 N–H and O–H groups in total. The van der Waals surface area contributed by atoms with E-state index < -0.39 is 12.3 Å². The number of pyridine rings is 1. The topological polar surface area (TPSA) is 62.2 Å². The van der Waals surface area contributed by atoms with Crippen molar-refractivity contribution in [1.29, 1.82) is 0 Å². The van der Waals surface area contributed by atoms with E-state index in [0.717, 1.165) is 17.0 Å². The summed E-state index contributed by atoms with van der Waals surface area (Å²) in [4.78, 5) is 25.0. The summed E-state index contributed by atoms with van der Waals surface area (Å²) in [5.41, 5.74) is -0.165. The van der Waals surface area contributed by atoms with Crippen molar-refractivity contribution in [2.45, 2.75) is 6.30 Å². The zero-order valence-electron chi connectivity index (χ0n) is 13.2. The van der Waals surface area contributed by atoms with Gasteiger partial charge in [0.25, 0.3) is 0 Å². The Bertz CT molecular complexity index is 820. The first kappa shape index (κ1) is 17.3. The summed E-state index contributed by atoms with van der Waals surface area (Å²) in [6, 6.07) is 10.2. The van der Waals surface area contributed by atoms with Gasteiger partial charge in [0.1, 0.15) is 0 Å². The minimum atomic E-state index is -4.96. The summed E-state index contributed by atoms with van der Waals surface area (Å²) in [6.07, 6.45) is 0.0759. The molecule has 2 amide bonds. The van der Waals surface area contributed by atoms with Crippen LogP contribution in [0, 0.1) is 0 Å². The normalized spacial score (nSPS) is 11.0. The van der Waals surface area contributed by atoms with Crippen molar-refractivity contribution < 1.29 is 18.0 Å². The largest absolute Gasteiger partial charge is 0.493 e. The van der Waals surface area contributed by atoms with Crippen LogP contribution >= 0.6 is 0 Å². The molecule has 2 aromatic heterocycles. The van der Waals surface area contributed by atoms with Gasteiger partial charge in [-0.15, -0.1) is 13.2 Å². The van der Waals surface area contributed by atoms with Crippen LogP contribution in [0.3, 0.4) is 0 Å². The minimum Gasteiger partial charge on any atom is -0.265 e. The van der Waals surface area contributed by atoms with Gasteiger partial charge in [-0.25, -0.2) is 24.6 Å². The van der Waals surface area contributed by atoms with Gasteiger partial charge in [-0.1, -0.05) is 18.2 Å². The lowest BCUT2D eigenvalue weighted by atomic mass is 10.3. The number of nitrogens with zero attached hydrogens (tertiary/aromatic N) is 5. The Balaban J connectivity index is 2.12. The molecule has 0 radical (unpaired) electrons. The molecular formula is C17H12F3N5O. The van der Waals surface area contributed by atoms with E-state index in [2.05, 4.69) is 15.0 Å². The highest BCUT2D eigenvalue weighted by Crippen LogP contribution is 2.32. The van der Waals surface area contributed by atoms with Crippen molar-refractivity contribution in [1.82, 2.24) is 15.0 Å². The number of carbonyl (C=O) groups is 1. The Labute approximate surface area is 146 Å². The second-order valence-electron chi connectivity index (χ2n) is 5.01. The molecule has 3 aromatic rings. The van der Waals surface area contributed by atoms with Crippen molar-refractivity contribution in [3.05, 3.63) is 73.3 Å². The third-order valence-corrected chi connectivity index (χ3v) is 3.32. The summed E-state index contributed by atoms with van der Waals surface area (Å²) in [5.74, 6) is -0.174. The van der Waals surface area contributed by atoms with Crippen LogP contribution in [0.4, 0.5) is 35.3 Å². The number of rotatable bonds is 3. The molecule has 0 aliphatic heterocycles. The van der Waals surface area contributed by atoms with Crippen LogP contribution in [-0.4, -0.2) is 27.3 Å². The number of aromatic nitrogens is 3. The molecule has 0 aliphatic carbocycles. The summed E-state index contributed by atoms with van der Waals surface area (Å²) >= 11 is 0. The zero-order chi connectivity index (χ0) is 18.6. The maximum Gasteiger partial charge on any atom is 0.493 e. The third-order valence-electron chi connectivity index (χ3n) is 3.32. The van der Waals surface area contributed by atoms with E-state index in [0.29, 0.717) is 0 Å². The smallest absolute Gasteiger partial charge is 0.265 e. The molecule has 6 nitrogen and oxygen atoms in total. The highest BCUT2D eigenvalue weighted by Gasteiger charge is 2.45.